The molecular weight excluding hydrogens is 463 g/mol. The fourth-order valence-electron chi connectivity index (χ4n) is 2.83. The van der Waals surface area contributed by atoms with Crippen LogP contribution in [0, 0.1) is 10.1 Å². The number of hydrogen-bond acceptors (Lipinski definition) is 7. The van der Waals surface area contributed by atoms with Crippen molar-refractivity contribution in [3.8, 4) is 0 Å². The Morgan fingerprint density at radius 1 is 1.17 bits per heavy atom. The first-order chi connectivity index (χ1) is 13.7. The Kier molecular flexibility index (Phi) is 6.76. The van der Waals surface area contributed by atoms with Gasteiger partial charge in [0.2, 0.25) is 5.91 Å². The molecule has 9 nitrogen and oxygen atoms in total. The van der Waals surface area contributed by atoms with E-state index >= 15 is 0 Å². The predicted molar refractivity (Wildman–Crippen MR) is 111 cm³/mol. The number of carbonyl (C=O) groups excluding carboxylic acids is 1. The van der Waals surface area contributed by atoms with E-state index < -0.39 is 14.9 Å². The number of benzene rings is 1. The molecule has 3 rings (SSSR count). The first-order valence-electron chi connectivity index (χ1n) is 8.38. The molecule has 0 radical (unpaired) electrons. The molecule has 0 unspecified atom stereocenters. The number of halogens is 2. The lowest BCUT2D eigenvalue weighted by atomic mass is 10.2. The standard InChI is InChI=1S/C16H16Cl2N4O5S2/c17-12-2-1-11(9-13(12)22(24)25)19-15(23)10-20-5-7-21(8-6-20)29(26,27)16-4-3-14(18)28-16/h1-4,9H,5-8,10H2,(H,19,23). The molecule has 1 saturated heterocycles. The normalized spacial score (nSPS) is 15.9. The minimum Gasteiger partial charge on any atom is -0.325 e. The van der Waals surface area contributed by atoms with Crippen LogP contribution in [-0.2, 0) is 14.8 Å². The fraction of sp³-hybridized carbons (Fsp3) is 0.312. The Hall–Kier alpha value is -1.76. The predicted octanol–water partition coefficient (Wildman–Crippen LogP) is 2.91. The summed E-state index contributed by atoms with van der Waals surface area (Å²) in [4.78, 5) is 24.4. The first-order valence-corrected chi connectivity index (χ1v) is 11.4. The zero-order valence-corrected chi connectivity index (χ0v) is 18.0. The molecule has 13 heteroatoms. The molecule has 1 aromatic heterocycles. The van der Waals surface area contributed by atoms with Crippen molar-refractivity contribution in [2.24, 2.45) is 0 Å². The van der Waals surface area contributed by atoms with Crippen molar-refractivity contribution in [2.75, 3.05) is 38.0 Å². The van der Waals surface area contributed by atoms with Gasteiger partial charge in [0.1, 0.15) is 9.23 Å². The molecule has 2 heterocycles. The SMILES string of the molecule is O=C(CN1CCN(S(=O)(=O)c2ccc(Cl)s2)CC1)Nc1ccc(Cl)c([N+](=O)[O-])c1. The minimum atomic E-state index is -3.59. The molecule has 0 saturated carbocycles. The van der Waals surface area contributed by atoms with Crippen LogP contribution in [0.4, 0.5) is 11.4 Å². The molecule has 156 valence electrons. The Balaban J connectivity index is 1.55. The van der Waals surface area contributed by atoms with Gasteiger partial charge in [0.05, 0.1) is 15.8 Å². The molecule has 1 amide bonds. The summed E-state index contributed by atoms with van der Waals surface area (Å²) in [5.74, 6) is -0.358. The summed E-state index contributed by atoms with van der Waals surface area (Å²) in [7, 11) is -3.59. The van der Waals surface area contributed by atoms with Gasteiger partial charge in [0, 0.05) is 37.9 Å². The smallest absolute Gasteiger partial charge is 0.289 e. The zero-order valence-electron chi connectivity index (χ0n) is 14.9. The zero-order chi connectivity index (χ0) is 21.2. The summed E-state index contributed by atoms with van der Waals surface area (Å²) in [6, 6.07) is 7.03. The maximum Gasteiger partial charge on any atom is 0.289 e. The molecule has 0 spiro atoms. The van der Waals surface area contributed by atoms with Crippen molar-refractivity contribution in [2.45, 2.75) is 4.21 Å². The quantitative estimate of drug-likeness (QED) is 0.504. The first kappa shape index (κ1) is 21.9. The van der Waals surface area contributed by atoms with Gasteiger partial charge in [0.15, 0.2) is 0 Å². The third-order valence-corrected chi connectivity index (χ3v) is 8.18. The number of carbonyl (C=O) groups is 1. The molecule has 1 fully saturated rings. The van der Waals surface area contributed by atoms with Crippen LogP contribution in [0.5, 0.6) is 0 Å². The van der Waals surface area contributed by atoms with Gasteiger partial charge in [-0.05, 0) is 24.3 Å². The molecule has 1 N–H and O–H groups in total. The topological polar surface area (TPSA) is 113 Å². The summed E-state index contributed by atoms with van der Waals surface area (Å²) in [6.07, 6.45) is 0. The van der Waals surface area contributed by atoms with Crippen LogP contribution in [0.15, 0.2) is 34.5 Å². The fourth-order valence-corrected chi connectivity index (χ4v) is 6.07. The van der Waals surface area contributed by atoms with E-state index in [1.54, 1.807) is 6.07 Å². The number of sulfonamides is 1. The number of hydrogen-bond donors (Lipinski definition) is 1. The van der Waals surface area contributed by atoms with E-state index in [2.05, 4.69) is 5.32 Å². The van der Waals surface area contributed by atoms with E-state index in [4.69, 9.17) is 23.2 Å². The molecule has 0 aliphatic carbocycles. The lowest BCUT2D eigenvalue weighted by molar-refractivity contribution is -0.384. The highest BCUT2D eigenvalue weighted by Gasteiger charge is 2.30. The number of piperazine rings is 1. The lowest BCUT2D eigenvalue weighted by Gasteiger charge is -2.33. The Morgan fingerprint density at radius 2 is 1.86 bits per heavy atom. The Labute approximate surface area is 181 Å². The van der Waals surface area contributed by atoms with Crippen molar-refractivity contribution in [3.05, 3.63) is 49.8 Å². The van der Waals surface area contributed by atoms with Gasteiger partial charge >= 0.3 is 0 Å². The van der Waals surface area contributed by atoms with E-state index in [-0.39, 0.29) is 46.1 Å². The molecular formula is C16H16Cl2N4O5S2. The summed E-state index contributed by atoms with van der Waals surface area (Å²) in [5.41, 5.74) is -0.0288. The van der Waals surface area contributed by atoms with Crippen molar-refractivity contribution in [3.63, 3.8) is 0 Å². The van der Waals surface area contributed by atoms with Gasteiger partial charge < -0.3 is 5.32 Å². The molecule has 1 aliphatic rings. The van der Waals surface area contributed by atoms with Crippen LogP contribution in [-0.4, -0.2) is 61.2 Å². The lowest BCUT2D eigenvalue weighted by Crippen LogP contribution is -2.50. The molecule has 0 atom stereocenters. The van der Waals surface area contributed by atoms with Crippen molar-refractivity contribution >= 4 is 61.8 Å². The van der Waals surface area contributed by atoms with Gasteiger partial charge in [-0.3, -0.25) is 19.8 Å². The van der Waals surface area contributed by atoms with Gasteiger partial charge in [-0.25, -0.2) is 8.42 Å². The van der Waals surface area contributed by atoms with Crippen molar-refractivity contribution in [1.82, 2.24) is 9.21 Å². The van der Waals surface area contributed by atoms with E-state index in [1.807, 2.05) is 4.90 Å². The second-order valence-corrected chi connectivity index (χ2v) is 10.5. The van der Waals surface area contributed by atoms with Crippen LogP contribution >= 0.6 is 34.5 Å². The van der Waals surface area contributed by atoms with Gasteiger partial charge in [-0.2, -0.15) is 4.31 Å². The number of nitro benzene ring substituents is 1. The van der Waals surface area contributed by atoms with E-state index in [0.717, 1.165) is 11.3 Å². The van der Waals surface area contributed by atoms with E-state index in [9.17, 15) is 23.3 Å². The summed E-state index contributed by atoms with van der Waals surface area (Å²) in [6.45, 7) is 1.29. The highest BCUT2D eigenvalue weighted by Crippen LogP contribution is 2.29. The molecule has 0 bridgehead atoms. The number of thiophene rings is 1. The summed E-state index contributed by atoms with van der Waals surface area (Å²) in [5, 5.41) is 13.5. The number of amides is 1. The third-order valence-electron chi connectivity index (χ3n) is 4.27. The van der Waals surface area contributed by atoms with Gasteiger partial charge in [-0.15, -0.1) is 11.3 Å². The largest absolute Gasteiger partial charge is 0.325 e. The highest BCUT2D eigenvalue weighted by atomic mass is 35.5. The van der Waals surface area contributed by atoms with Crippen molar-refractivity contribution in [1.29, 1.82) is 0 Å². The van der Waals surface area contributed by atoms with E-state index in [0.29, 0.717) is 17.4 Å². The average Bonchev–Trinajstić information content (AvgIpc) is 3.11. The molecule has 29 heavy (non-hydrogen) atoms. The van der Waals surface area contributed by atoms with Crippen LogP contribution in [0.1, 0.15) is 0 Å². The number of anilines is 1. The molecule has 1 aliphatic heterocycles. The monoisotopic (exact) mass is 478 g/mol. The Bertz CT molecular complexity index is 1040. The highest BCUT2D eigenvalue weighted by molar-refractivity contribution is 7.91. The van der Waals surface area contributed by atoms with Crippen LogP contribution in [0.2, 0.25) is 9.36 Å². The number of nitro groups is 1. The van der Waals surface area contributed by atoms with Crippen LogP contribution in [0.3, 0.4) is 0 Å². The number of rotatable bonds is 6. The third kappa shape index (κ3) is 5.24. The second-order valence-electron chi connectivity index (χ2n) is 6.21. The molecule has 1 aromatic carbocycles. The van der Waals surface area contributed by atoms with Gasteiger partial charge in [-0.1, -0.05) is 23.2 Å². The Morgan fingerprint density at radius 3 is 2.45 bits per heavy atom. The van der Waals surface area contributed by atoms with Crippen LogP contribution in [0.25, 0.3) is 0 Å². The summed E-state index contributed by atoms with van der Waals surface area (Å²) < 4.78 is 27.2. The second kappa shape index (κ2) is 8.94. The van der Waals surface area contributed by atoms with Crippen LogP contribution < -0.4 is 5.32 Å². The number of nitrogens with one attached hydrogen (secondary N) is 1. The summed E-state index contributed by atoms with van der Waals surface area (Å²) >= 11 is 12.6. The van der Waals surface area contributed by atoms with Crippen molar-refractivity contribution < 1.29 is 18.1 Å². The van der Waals surface area contributed by atoms with Gasteiger partial charge in [0.25, 0.3) is 15.7 Å². The van der Waals surface area contributed by atoms with E-state index in [1.165, 1.54) is 28.6 Å². The maximum atomic E-state index is 12.6. The maximum absolute atomic E-state index is 12.6. The number of nitrogens with zero attached hydrogens (tertiary/aromatic N) is 3. The molecule has 2 aromatic rings. The average molecular weight is 479 g/mol. The minimum absolute atomic E-state index is 0.0163.